The maximum Gasteiger partial charge on any atom is 0.337 e. The van der Waals surface area contributed by atoms with Crippen molar-refractivity contribution in [3.05, 3.63) is 36.0 Å². The summed E-state index contributed by atoms with van der Waals surface area (Å²) in [5, 5.41) is 5.00. The molecule has 0 spiro atoms. The Morgan fingerprint density at radius 2 is 2.15 bits per heavy atom. The molecule has 0 saturated heterocycles. The van der Waals surface area contributed by atoms with Crippen LogP contribution in [-0.4, -0.2) is 36.9 Å². The van der Waals surface area contributed by atoms with Crippen LogP contribution in [0.15, 0.2) is 30.5 Å². The lowest BCUT2D eigenvalue weighted by Gasteiger charge is -2.00. The number of aryl methyl sites for hydroxylation is 1. The quantitative estimate of drug-likeness (QED) is 0.492. The van der Waals surface area contributed by atoms with Crippen LogP contribution in [0.25, 0.3) is 10.9 Å². The smallest absolute Gasteiger partial charge is 0.337 e. The number of carbonyl (C=O) groups excluding carboxylic acids is 1. The second-order valence-electron chi connectivity index (χ2n) is 4.13. The summed E-state index contributed by atoms with van der Waals surface area (Å²) in [5.74, 6) is -0.894. The summed E-state index contributed by atoms with van der Waals surface area (Å²) in [6.45, 7) is 0.0250. The van der Waals surface area contributed by atoms with Gasteiger partial charge >= 0.3 is 5.97 Å². The van der Waals surface area contributed by atoms with E-state index in [4.69, 9.17) is 4.55 Å². The molecule has 2 rings (SSSR count). The highest BCUT2D eigenvalue weighted by molar-refractivity contribution is 7.85. The Labute approximate surface area is 115 Å². The number of aromatic nitrogens is 2. The maximum atomic E-state index is 11.4. The van der Waals surface area contributed by atoms with E-state index in [0.717, 1.165) is 5.39 Å². The van der Waals surface area contributed by atoms with Gasteiger partial charge in [0.25, 0.3) is 10.1 Å². The molecule has 0 aliphatic heterocycles. The van der Waals surface area contributed by atoms with E-state index in [1.807, 2.05) is 0 Å². The van der Waals surface area contributed by atoms with Gasteiger partial charge in [-0.15, -0.1) is 0 Å². The fourth-order valence-corrected chi connectivity index (χ4v) is 2.11. The molecule has 8 heteroatoms. The largest absolute Gasteiger partial charge is 0.465 e. The lowest BCUT2D eigenvalue weighted by molar-refractivity contribution is -0.747. The van der Waals surface area contributed by atoms with E-state index < -0.39 is 21.8 Å². The van der Waals surface area contributed by atoms with Gasteiger partial charge in [0.15, 0.2) is 12.7 Å². The minimum Gasteiger partial charge on any atom is -0.465 e. The zero-order chi connectivity index (χ0) is 14.8. The van der Waals surface area contributed by atoms with Crippen molar-refractivity contribution in [3.63, 3.8) is 0 Å². The van der Waals surface area contributed by atoms with Crippen molar-refractivity contribution >= 4 is 27.0 Å². The topological polar surface area (TPSA) is 97.4 Å². The van der Waals surface area contributed by atoms with Gasteiger partial charge in [-0.05, 0) is 12.1 Å². The number of hydrogen-bond donors (Lipinski definition) is 1. The van der Waals surface area contributed by atoms with Crippen molar-refractivity contribution in [1.82, 2.24) is 5.10 Å². The summed E-state index contributed by atoms with van der Waals surface area (Å²) < 4.78 is 36.1. The van der Waals surface area contributed by atoms with Crippen molar-refractivity contribution in [2.45, 2.75) is 6.54 Å². The van der Waals surface area contributed by atoms with Gasteiger partial charge in [0, 0.05) is 16.6 Å². The van der Waals surface area contributed by atoms with Crippen LogP contribution in [0.5, 0.6) is 0 Å². The molecule has 0 radical (unpaired) electrons. The molecule has 1 heterocycles. The first-order valence-electron chi connectivity index (χ1n) is 5.73. The monoisotopic (exact) mass is 297 g/mol. The third-order valence-corrected chi connectivity index (χ3v) is 3.39. The van der Waals surface area contributed by atoms with Gasteiger partial charge < -0.3 is 4.74 Å². The molecule has 0 atom stereocenters. The van der Waals surface area contributed by atoms with Crippen molar-refractivity contribution in [3.8, 4) is 0 Å². The van der Waals surface area contributed by atoms with Crippen LogP contribution in [0.2, 0.25) is 0 Å². The van der Waals surface area contributed by atoms with Crippen molar-refractivity contribution in [1.29, 1.82) is 0 Å². The molecule has 106 valence electrons. The molecular formula is C12H13N2O5S+. The molecule has 0 saturated carbocycles. The first-order valence-corrected chi connectivity index (χ1v) is 7.34. The van der Waals surface area contributed by atoms with Crippen LogP contribution in [0.3, 0.4) is 0 Å². The Morgan fingerprint density at radius 3 is 2.80 bits per heavy atom. The molecule has 2 aromatic rings. The Morgan fingerprint density at radius 1 is 1.40 bits per heavy atom. The van der Waals surface area contributed by atoms with E-state index in [-0.39, 0.29) is 6.54 Å². The highest BCUT2D eigenvalue weighted by Gasteiger charge is 2.13. The number of carbonyl (C=O) groups is 1. The zero-order valence-corrected chi connectivity index (χ0v) is 11.5. The summed E-state index contributed by atoms with van der Waals surface area (Å²) in [5.41, 5.74) is 0.894. The van der Waals surface area contributed by atoms with Gasteiger partial charge in [0.1, 0.15) is 11.3 Å². The number of methoxy groups -OCH3 is 1. The third-order valence-electron chi connectivity index (χ3n) is 2.69. The van der Waals surface area contributed by atoms with Gasteiger partial charge in [-0.25, -0.2) is 4.79 Å². The van der Waals surface area contributed by atoms with Crippen LogP contribution in [0.4, 0.5) is 0 Å². The Hall–Kier alpha value is -2.06. The molecule has 0 bridgehead atoms. The summed E-state index contributed by atoms with van der Waals surface area (Å²) in [6.07, 6.45) is 1.60. The van der Waals surface area contributed by atoms with E-state index >= 15 is 0 Å². The predicted molar refractivity (Wildman–Crippen MR) is 69.7 cm³/mol. The van der Waals surface area contributed by atoms with E-state index in [2.05, 4.69) is 9.84 Å². The van der Waals surface area contributed by atoms with Crippen molar-refractivity contribution in [2.75, 3.05) is 12.9 Å². The first-order chi connectivity index (χ1) is 9.39. The molecule has 1 aromatic carbocycles. The number of nitrogens with zero attached hydrogens (tertiary/aromatic N) is 2. The Balaban J connectivity index is 2.34. The minimum absolute atomic E-state index is 0.0250. The molecule has 1 aromatic heterocycles. The average molecular weight is 297 g/mol. The van der Waals surface area contributed by atoms with Crippen LogP contribution >= 0.6 is 0 Å². The Bertz CT molecular complexity index is 758. The van der Waals surface area contributed by atoms with Gasteiger partial charge in [-0.2, -0.15) is 8.42 Å². The van der Waals surface area contributed by atoms with Gasteiger partial charge in [-0.3, -0.25) is 4.55 Å². The highest BCUT2D eigenvalue weighted by Crippen LogP contribution is 2.12. The van der Waals surface area contributed by atoms with Crippen LogP contribution in [0, 0.1) is 0 Å². The Kier molecular flexibility index (Phi) is 3.96. The fraction of sp³-hybridized carbons (Fsp3) is 0.250. The summed E-state index contributed by atoms with van der Waals surface area (Å²) in [6, 6.07) is 6.65. The van der Waals surface area contributed by atoms with Crippen molar-refractivity contribution < 1.29 is 27.2 Å². The summed E-state index contributed by atoms with van der Waals surface area (Å²) in [7, 11) is -2.75. The zero-order valence-electron chi connectivity index (χ0n) is 10.7. The lowest BCUT2D eigenvalue weighted by Crippen LogP contribution is -2.40. The third kappa shape index (κ3) is 3.49. The van der Waals surface area contributed by atoms with Crippen LogP contribution in [0.1, 0.15) is 10.4 Å². The standard InChI is InChI=1S/C12H12N2O5S/c1-19-12(15)10-3-2-9-4-5-14(13-11(9)8-10)6-7-20(16,17)18/h2-5,8H,6-7H2,1H3/p+1. The lowest BCUT2D eigenvalue weighted by atomic mass is 10.1. The molecule has 0 fully saturated rings. The SMILES string of the molecule is COC(=O)c1ccc2cc[n+](CCS(=O)(=O)O)nc2c1. The number of benzene rings is 1. The van der Waals surface area contributed by atoms with E-state index in [9.17, 15) is 13.2 Å². The second-order valence-corrected chi connectivity index (χ2v) is 5.70. The first kappa shape index (κ1) is 14.4. The average Bonchev–Trinajstić information content (AvgIpc) is 2.42. The maximum absolute atomic E-state index is 11.4. The minimum atomic E-state index is -4.04. The summed E-state index contributed by atoms with van der Waals surface area (Å²) in [4.78, 5) is 11.4. The number of rotatable bonds is 4. The van der Waals surface area contributed by atoms with Gasteiger partial charge in [0.2, 0.25) is 0 Å². The van der Waals surface area contributed by atoms with E-state index in [1.54, 1.807) is 30.5 Å². The molecular weight excluding hydrogens is 284 g/mol. The molecule has 1 N–H and O–H groups in total. The van der Waals surface area contributed by atoms with Gasteiger partial charge in [-0.1, -0.05) is 10.7 Å². The molecule has 0 aliphatic rings. The molecule has 0 unspecified atom stereocenters. The van der Waals surface area contributed by atoms with E-state index in [1.165, 1.54) is 11.8 Å². The molecule has 0 aliphatic carbocycles. The second kappa shape index (κ2) is 5.51. The number of fused-ring (bicyclic) bond motifs is 1. The molecule has 0 amide bonds. The molecule has 7 nitrogen and oxygen atoms in total. The van der Waals surface area contributed by atoms with Crippen LogP contribution in [-0.2, 0) is 21.4 Å². The number of hydrogen-bond acceptors (Lipinski definition) is 5. The predicted octanol–water partition coefficient (Wildman–Crippen LogP) is 0.197. The summed E-state index contributed by atoms with van der Waals surface area (Å²) >= 11 is 0. The van der Waals surface area contributed by atoms with Crippen LogP contribution < -0.4 is 4.68 Å². The number of ether oxygens (including phenoxy) is 1. The van der Waals surface area contributed by atoms with Gasteiger partial charge in [0.05, 0.1) is 12.7 Å². The highest BCUT2D eigenvalue weighted by atomic mass is 32.2. The fourth-order valence-electron chi connectivity index (χ4n) is 1.69. The van der Waals surface area contributed by atoms with E-state index in [0.29, 0.717) is 11.1 Å². The number of esters is 1. The normalized spacial score (nSPS) is 11.5. The van der Waals surface area contributed by atoms with Crippen molar-refractivity contribution in [2.24, 2.45) is 0 Å². The molecule has 20 heavy (non-hydrogen) atoms.